The van der Waals surface area contributed by atoms with Gasteiger partial charge in [-0.25, -0.2) is 0 Å². The van der Waals surface area contributed by atoms with Crippen LogP contribution in [-0.2, 0) is 9.59 Å². The maximum Gasteiger partial charge on any atom is 0.222 e. The Kier molecular flexibility index (Phi) is 3.21. The SMILES string of the molecule is CCC(=O)C1[C@@H]2[C@H](CN1C(=O)CC)C2(Br)Br. The number of ketones is 1. The van der Waals surface area contributed by atoms with Crippen LogP contribution in [0, 0.1) is 11.8 Å². The van der Waals surface area contributed by atoms with E-state index in [9.17, 15) is 9.59 Å². The summed E-state index contributed by atoms with van der Waals surface area (Å²) in [6.45, 7) is 4.40. The number of amides is 1. The van der Waals surface area contributed by atoms with E-state index in [1.807, 2.05) is 13.8 Å². The van der Waals surface area contributed by atoms with E-state index >= 15 is 0 Å². The Labute approximate surface area is 112 Å². The van der Waals surface area contributed by atoms with Gasteiger partial charge in [0.05, 0.1) is 9.28 Å². The smallest absolute Gasteiger partial charge is 0.222 e. The maximum absolute atomic E-state index is 11.9. The molecule has 1 aliphatic carbocycles. The number of alkyl halides is 2. The third-order valence-corrected chi connectivity index (χ3v) is 5.87. The summed E-state index contributed by atoms with van der Waals surface area (Å²) in [5.74, 6) is 0.892. The second kappa shape index (κ2) is 4.09. The van der Waals surface area contributed by atoms with Gasteiger partial charge in [0.15, 0.2) is 5.78 Å². The molecule has 5 heteroatoms. The average Bonchev–Trinajstić information content (AvgIpc) is 2.68. The first kappa shape index (κ1) is 12.6. The number of rotatable bonds is 3. The van der Waals surface area contributed by atoms with Gasteiger partial charge >= 0.3 is 0 Å². The molecule has 0 N–H and O–H groups in total. The Morgan fingerprint density at radius 1 is 1.31 bits per heavy atom. The van der Waals surface area contributed by atoms with E-state index < -0.39 is 0 Å². The average molecular weight is 353 g/mol. The zero-order chi connectivity index (χ0) is 12.1. The lowest BCUT2D eigenvalue weighted by atomic mass is 10.1. The van der Waals surface area contributed by atoms with Gasteiger partial charge in [-0.2, -0.15) is 0 Å². The van der Waals surface area contributed by atoms with Crippen LogP contribution in [0.2, 0.25) is 0 Å². The molecular weight excluding hydrogens is 338 g/mol. The van der Waals surface area contributed by atoms with Gasteiger partial charge in [-0.1, -0.05) is 45.7 Å². The number of hydrogen-bond donors (Lipinski definition) is 0. The monoisotopic (exact) mass is 351 g/mol. The molecule has 0 radical (unpaired) electrons. The van der Waals surface area contributed by atoms with E-state index in [0.717, 1.165) is 0 Å². The van der Waals surface area contributed by atoms with Crippen LogP contribution in [0.15, 0.2) is 0 Å². The van der Waals surface area contributed by atoms with E-state index in [1.54, 1.807) is 4.90 Å². The summed E-state index contributed by atoms with van der Waals surface area (Å²) in [4.78, 5) is 25.5. The van der Waals surface area contributed by atoms with Crippen LogP contribution in [0.4, 0.5) is 0 Å². The quantitative estimate of drug-likeness (QED) is 0.731. The van der Waals surface area contributed by atoms with Crippen LogP contribution in [0.1, 0.15) is 26.7 Å². The second-order valence-corrected chi connectivity index (χ2v) is 8.16. The summed E-state index contributed by atoms with van der Waals surface area (Å²) >= 11 is 7.18. The molecule has 2 aliphatic rings. The van der Waals surface area contributed by atoms with Crippen LogP contribution in [0.25, 0.3) is 0 Å². The molecule has 90 valence electrons. The molecule has 1 saturated heterocycles. The number of piperidine rings is 1. The van der Waals surface area contributed by atoms with E-state index in [0.29, 0.717) is 25.3 Å². The van der Waals surface area contributed by atoms with Crippen molar-refractivity contribution in [1.29, 1.82) is 0 Å². The third kappa shape index (κ3) is 1.67. The number of carbonyl (C=O) groups excluding carboxylic acids is 2. The highest BCUT2D eigenvalue weighted by Gasteiger charge is 2.72. The molecule has 2 fully saturated rings. The van der Waals surface area contributed by atoms with Crippen molar-refractivity contribution in [2.45, 2.75) is 36.0 Å². The van der Waals surface area contributed by atoms with E-state index in [4.69, 9.17) is 0 Å². The van der Waals surface area contributed by atoms with Crippen molar-refractivity contribution in [3.8, 4) is 0 Å². The minimum Gasteiger partial charge on any atom is -0.332 e. The highest BCUT2D eigenvalue weighted by atomic mass is 79.9. The zero-order valence-electron chi connectivity index (χ0n) is 9.37. The predicted molar refractivity (Wildman–Crippen MR) is 68.7 cm³/mol. The van der Waals surface area contributed by atoms with E-state index in [-0.39, 0.29) is 26.9 Å². The largest absolute Gasteiger partial charge is 0.332 e. The van der Waals surface area contributed by atoms with Crippen LogP contribution in [0.5, 0.6) is 0 Å². The zero-order valence-corrected chi connectivity index (χ0v) is 12.5. The van der Waals surface area contributed by atoms with Gasteiger partial charge in [0.1, 0.15) is 0 Å². The van der Waals surface area contributed by atoms with Crippen LogP contribution >= 0.6 is 31.9 Å². The number of hydrogen-bond acceptors (Lipinski definition) is 2. The summed E-state index contributed by atoms with van der Waals surface area (Å²) in [5, 5.41) is 0. The minimum atomic E-state index is -0.221. The van der Waals surface area contributed by atoms with Gasteiger partial charge in [-0.15, -0.1) is 0 Å². The standard InChI is InChI=1S/C11H15Br2NO2/c1-3-7(15)10-9-6(11(9,12)13)5-14(10)8(16)4-2/h6,9-10H,3-5H2,1-2H3/t6-,9-,10?/m0/s1. The number of likely N-dealkylation sites (tertiary alicyclic amines) is 1. The normalized spacial score (nSPS) is 34.8. The predicted octanol–water partition coefficient (Wildman–Crippen LogP) is 2.32. The molecule has 3 nitrogen and oxygen atoms in total. The summed E-state index contributed by atoms with van der Waals surface area (Å²) in [5.41, 5.74) is 0. The molecule has 0 aromatic carbocycles. The number of nitrogens with zero attached hydrogens (tertiary/aromatic N) is 1. The van der Waals surface area contributed by atoms with E-state index in [2.05, 4.69) is 31.9 Å². The molecule has 0 aromatic rings. The molecule has 2 rings (SSSR count). The molecule has 3 atom stereocenters. The Bertz CT molecular complexity index is 343. The van der Waals surface area contributed by atoms with Crippen molar-refractivity contribution >= 4 is 43.6 Å². The first-order valence-electron chi connectivity index (χ1n) is 5.65. The van der Waals surface area contributed by atoms with Crippen molar-refractivity contribution in [2.24, 2.45) is 11.8 Å². The first-order valence-corrected chi connectivity index (χ1v) is 7.23. The Hall–Kier alpha value is 0.1000. The summed E-state index contributed by atoms with van der Waals surface area (Å²) in [6.07, 6.45) is 0.974. The second-order valence-electron chi connectivity index (χ2n) is 4.47. The van der Waals surface area contributed by atoms with Crippen molar-refractivity contribution in [1.82, 2.24) is 4.90 Å². The van der Waals surface area contributed by atoms with Crippen molar-refractivity contribution in [2.75, 3.05) is 6.54 Å². The van der Waals surface area contributed by atoms with Gasteiger partial charge in [0.25, 0.3) is 0 Å². The Morgan fingerprint density at radius 2 is 1.94 bits per heavy atom. The highest BCUT2D eigenvalue weighted by Crippen LogP contribution is 2.67. The molecule has 0 spiro atoms. The fraction of sp³-hybridized carbons (Fsp3) is 0.818. The third-order valence-electron chi connectivity index (χ3n) is 3.63. The number of Topliss-reactive ketones (excluding diaryl/α,β-unsaturated/α-hetero) is 1. The van der Waals surface area contributed by atoms with Crippen molar-refractivity contribution < 1.29 is 9.59 Å². The van der Waals surface area contributed by atoms with Gasteiger partial charge in [-0.05, 0) is 0 Å². The molecular formula is C11H15Br2NO2. The molecule has 1 heterocycles. The maximum atomic E-state index is 11.9. The van der Waals surface area contributed by atoms with Crippen LogP contribution in [0.3, 0.4) is 0 Å². The van der Waals surface area contributed by atoms with Gasteiger partial charge in [0.2, 0.25) is 5.91 Å². The molecule has 1 unspecified atom stereocenters. The number of fused-ring (bicyclic) bond motifs is 1. The molecule has 0 aromatic heterocycles. The summed E-state index contributed by atoms with van der Waals surface area (Å²) < 4.78 is -0.111. The topological polar surface area (TPSA) is 37.4 Å². The van der Waals surface area contributed by atoms with Gasteiger partial charge in [0, 0.05) is 31.2 Å². The molecule has 1 saturated carbocycles. The molecule has 0 bridgehead atoms. The van der Waals surface area contributed by atoms with Gasteiger partial charge < -0.3 is 4.90 Å². The number of halogens is 2. The van der Waals surface area contributed by atoms with Crippen molar-refractivity contribution in [3.63, 3.8) is 0 Å². The molecule has 1 amide bonds. The lowest BCUT2D eigenvalue weighted by Gasteiger charge is -2.28. The highest BCUT2D eigenvalue weighted by molar-refractivity contribution is 9.25. The lowest BCUT2D eigenvalue weighted by molar-refractivity contribution is -0.138. The lowest BCUT2D eigenvalue weighted by Crippen LogP contribution is -2.45. The van der Waals surface area contributed by atoms with E-state index in [1.165, 1.54) is 0 Å². The van der Waals surface area contributed by atoms with Gasteiger partial charge in [-0.3, -0.25) is 9.59 Å². The van der Waals surface area contributed by atoms with Crippen LogP contribution in [-0.4, -0.2) is 32.4 Å². The Balaban J connectivity index is 2.20. The number of carbonyl (C=O) groups is 2. The molecule has 1 aliphatic heterocycles. The van der Waals surface area contributed by atoms with Crippen LogP contribution < -0.4 is 0 Å². The summed E-state index contributed by atoms with van der Waals surface area (Å²) in [7, 11) is 0. The first-order chi connectivity index (χ1) is 7.45. The Morgan fingerprint density at radius 3 is 2.44 bits per heavy atom. The fourth-order valence-electron chi connectivity index (χ4n) is 2.64. The summed E-state index contributed by atoms with van der Waals surface area (Å²) in [6, 6.07) is -0.221. The fourth-order valence-corrected chi connectivity index (χ4v) is 4.38. The van der Waals surface area contributed by atoms with Crippen molar-refractivity contribution in [3.05, 3.63) is 0 Å². The molecule has 16 heavy (non-hydrogen) atoms. The minimum absolute atomic E-state index is 0.0924.